The van der Waals surface area contributed by atoms with Gasteiger partial charge in [-0.25, -0.2) is 4.39 Å². The highest BCUT2D eigenvalue weighted by Gasteiger charge is 2.19. The molecule has 0 atom stereocenters. The number of nitrogens with one attached hydrogen (secondary N) is 1. The zero-order valence-electron chi connectivity index (χ0n) is 15.6. The molecule has 3 aromatic carbocycles. The molecule has 0 fully saturated rings. The summed E-state index contributed by atoms with van der Waals surface area (Å²) in [5.74, 6) is -0.772. The van der Waals surface area contributed by atoms with Crippen molar-refractivity contribution < 1.29 is 14.0 Å². The number of amides is 2. The van der Waals surface area contributed by atoms with Gasteiger partial charge in [-0.2, -0.15) is 0 Å². The predicted octanol–water partition coefficient (Wildman–Crippen LogP) is 4.21. The Hall–Kier alpha value is -3.47. The maximum absolute atomic E-state index is 13.3. The summed E-state index contributed by atoms with van der Waals surface area (Å²) in [6, 6.07) is 21.9. The fourth-order valence-electron chi connectivity index (χ4n) is 2.90. The van der Waals surface area contributed by atoms with E-state index in [-0.39, 0.29) is 30.7 Å². The molecule has 0 saturated carbocycles. The normalized spacial score (nSPS) is 10.4. The lowest BCUT2D eigenvalue weighted by Crippen LogP contribution is -2.39. The molecule has 0 bridgehead atoms. The Kier molecular flexibility index (Phi) is 6.17. The fourth-order valence-corrected chi connectivity index (χ4v) is 2.90. The van der Waals surface area contributed by atoms with Crippen LogP contribution in [0.1, 0.15) is 26.3 Å². The topological polar surface area (TPSA) is 49.4 Å². The summed E-state index contributed by atoms with van der Waals surface area (Å²) < 4.78 is 13.3. The van der Waals surface area contributed by atoms with Gasteiger partial charge in [0, 0.05) is 29.9 Å². The number of aryl methyl sites for hydroxylation is 1. The van der Waals surface area contributed by atoms with Gasteiger partial charge in [0.1, 0.15) is 5.82 Å². The van der Waals surface area contributed by atoms with Crippen LogP contribution in [-0.2, 0) is 0 Å². The molecule has 3 rings (SSSR count). The van der Waals surface area contributed by atoms with Crippen LogP contribution in [-0.4, -0.2) is 24.9 Å². The van der Waals surface area contributed by atoms with Crippen LogP contribution in [0.4, 0.5) is 10.1 Å². The standard InChI is InChI=1S/C23H21FN2O2/c1-17-7-5-6-10-21(17)23(28)26(20-13-11-19(24)12-14-20)16-15-25-22(27)18-8-3-2-4-9-18/h2-14H,15-16H2,1H3,(H,25,27). The van der Waals surface area contributed by atoms with Crippen LogP contribution in [0, 0.1) is 12.7 Å². The van der Waals surface area contributed by atoms with E-state index in [1.807, 2.05) is 25.1 Å². The SMILES string of the molecule is Cc1ccccc1C(=O)N(CCNC(=O)c1ccccc1)c1ccc(F)cc1. The second-order valence-corrected chi connectivity index (χ2v) is 6.37. The number of nitrogens with zero attached hydrogens (tertiary/aromatic N) is 1. The number of halogens is 1. The summed E-state index contributed by atoms with van der Waals surface area (Å²) in [5, 5.41) is 2.82. The molecular weight excluding hydrogens is 355 g/mol. The van der Waals surface area contributed by atoms with Crippen LogP contribution in [0.5, 0.6) is 0 Å². The number of hydrogen-bond acceptors (Lipinski definition) is 2. The van der Waals surface area contributed by atoms with E-state index in [0.29, 0.717) is 16.8 Å². The van der Waals surface area contributed by atoms with E-state index < -0.39 is 0 Å². The van der Waals surface area contributed by atoms with E-state index >= 15 is 0 Å². The Morgan fingerprint density at radius 2 is 1.54 bits per heavy atom. The highest BCUT2D eigenvalue weighted by Crippen LogP contribution is 2.19. The van der Waals surface area contributed by atoms with E-state index in [9.17, 15) is 14.0 Å². The molecule has 142 valence electrons. The molecule has 0 heterocycles. The van der Waals surface area contributed by atoms with Crippen LogP contribution in [0.15, 0.2) is 78.9 Å². The van der Waals surface area contributed by atoms with Crippen molar-refractivity contribution in [3.8, 4) is 0 Å². The number of rotatable bonds is 6. The lowest BCUT2D eigenvalue weighted by molar-refractivity contribution is 0.0943. The minimum absolute atomic E-state index is 0.196. The van der Waals surface area contributed by atoms with Gasteiger partial charge < -0.3 is 10.2 Å². The molecule has 28 heavy (non-hydrogen) atoms. The Labute approximate surface area is 163 Å². The van der Waals surface area contributed by atoms with E-state index in [2.05, 4.69) is 5.32 Å². The number of anilines is 1. The van der Waals surface area contributed by atoms with Gasteiger partial charge in [0.15, 0.2) is 0 Å². The first-order valence-electron chi connectivity index (χ1n) is 9.02. The number of hydrogen-bond donors (Lipinski definition) is 1. The summed E-state index contributed by atoms with van der Waals surface area (Å²) in [4.78, 5) is 26.9. The van der Waals surface area contributed by atoms with Crippen LogP contribution in [0.3, 0.4) is 0 Å². The molecule has 0 spiro atoms. The summed E-state index contributed by atoms with van der Waals surface area (Å²) >= 11 is 0. The highest BCUT2D eigenvalue weighted by atomic mass is 19.1. The van der Waals surface area contributed by atoms with Gasteiger partial charge in [0.2, 0.25) is 0 Å². The average molecular weight is 376 g/mol. The lowest BCUT2D eigenvalue weighted by Gasteiger charge is -2.24. The first kappa shape index (κ1) is 19.3. The minimum Gasteiger partial charge on any atom is -0.350 e. The first-order chi connectivity index (χ1) is 13.6. The van der Waals surface area contributed by atoms with Crippen LogP contribution in [0.25, 0.3) is 0 Å². The van der Waals surface area contributed by atoms with Crippen LogP contribution < -0.4 is 10.2 Å². The number of carbonyl (C=O) groups excluding carboxylic acids is 2. The van der Waals surface area contributed by atoms with Crippen molar-refractivity contribution in [2.24, 2.45) is 0 Å². The van der Waals surface area contributed by atoms with Crippen molar-refractivity contribution in [1.82, 2.24) is 5.32 Å². The van der Waals surface area contributed by atoms with Crippen LogP contribution in [0.2, 0.25) is 0 Å². The van der Waals surface area contributed by atoms with Crippen molar-refractivity contribution in [2.75, 3.05) is 18.0 Å². The zero-order chi connectivity index (χ0) is 19.9. The molecule has 0 aliphatic carbocycles. The smallest absolute Gasteiger partial charge is 0.258 e. The van der Waals surface area contributed by atoms with Crippen molar-refractivity contribution in [3.63, 3.8) is 0 Å². The molecule has 3 aromatic rings. The molecule has 0 aromatic heterocycles. The molecule has 0 radical (unpaired) electrons. The quantitative estimate of drug-likeness (QED) is 0.701. The van der Waals surface area contributed by atoms with Gasteiger partial charge in [-0.15, -0.1) is 0 Å². The second kappa shape index (κ2) is 8.95. The number of benzene rings is 3. The third-order valence-electron chi connectivity index (χ3n) is 4.42. The predicted molar refractivity (Wildman–Crippen MR) is 108 cm³/mol. The molecule has 0 saturated heterocycles. The molecule has 0 aliphatic rings. The third kappa shape index (κ3) is 4.62. The largest absolute Gasteiger partial charge is 0.350 e. The molecular formula is C23H21FN2O2. The molecule has 0 unspecified atom stereocenters. The fraction of sp³-hybridized carbons (Fsp3) is 0.130. The molecule has 5 heteroatoms. The molecule has 0 aliphatic heterocycles. The maximum atomic E-state index is 13.3. The molecule has 2 amide bonds. The maximum Gasteiger partial charge on any atom is 0.258 e. The summed E-state index contributed by atoms with van der Waals surface area (Å²) in [7, 11) is 0. The Morgan fingerprint density at radius 3 is 2.21 bits per heavy atom. The highest BCUT2D eigenvalue weighted by molar-refractivity contribution is 6.07. The van der Waals surface area contributed by atoms with Gasteiger partial charge >= 0.3 is 0 Å². The van der Waals surface area contributed by atoms with Gasteiger partial charge in [-0.1, -0.05) is 36.4 Å². The summed E-state index contributed by atoms with van der Waals surface area (Å²) in [6.45, 7) is 2.40. The Bertz CT molecular complexity index is 956. The summed E-state index contributed by atoms with van der Waals surface area (Å²) in [5.41, 5.74) is 2.55. The lowest BCUT2D eigenvalue weighted by atomic mass is 10.1. The zero-order valence-corrected chi connectivity index (χ0v) is 15.6. The summed E-state index contributed by atoms with van der Waals surface area (Å²) in [6.07, 6.45) is 0. The van der Waals surface area contributed by atoms with Gasteiger partial charge in [0.05, 0.1) is 0 Å². The molecule has 1 N–H and O–H groups in total. The van der Waals surface area contributed by atoms with Crippen LogP contribution >= 0.6 is 0 Å². The minimum atomic E-state index is -0.371. The van der Waals surface area contributed by atoms with Crippen molar-refractivity contribution in [2.45, 2.75) is 6.92 Å². The van der Waals surface area contributed by atoms with Crippen molar-refractivity contribution in [1.29, 1.82) is 0 Å². The average Bonchev–Trinajstić information content (AvgIpc) is 2.72. The van der Waals surface area contributed by atoms with E-state index in [1.54, 1.807) is 53.4 Å². The van der Waals surface area contributed by atoms with Crippen molar-refractivity contribution >= 4 is 17.5 Å². The molecule has 4 nitrogen and oxygen atoms in total. The number of carbonyl (C=O) groups is 2. The van der Waals surface area contributed by atoms with Gasteiger partial charge in [-0.3, -0.25) is 9.59 Å². The van der Waals surface area contributed by atoms with E-state index in [1.165, 1.54) is 12.1 Å². The van der Waals surface area contributed by atoms with E-state index in [0.717, 1.165) is 5.56 Å². The van der Waals surface area contributed by atoms with Crippen molar-refractivity contribution in [3.05, 3.63) is 101 Å². The van der Waals surface area contributed by atoms with Gasteiger partial charge in [0.25, 0.3) is 11.8 Å². The second-order valence-electron chi connectivity index (χ2n) is 6.37. The van der Waals surface area contributed by atoms with E-state index in [4.69, 9.17) is 0 Å². The Balaban J connectivity index is 1.77. The Morgan fingerprint density at radius 1 is 0.893 bits per heavy atom. The van der Waals surface area contributed by atoms with Gasteiger partial charge in [-0.05, 0) is 55.0 Å². The third-order valence-corrected chi connectivity index (χ3v) is 4.42. The first-order valence-corrected chi connectivity index (χ1v) is 9.02. The monoisotopic (exact) mass is 376 g/mol.